The molecule has 23 heavy (non-hydrogen) atoms. The van der Waals surface area contributed by atoms with E-state index >= 15 is 0 Å². The molecule has 124 valence electrons. The number of hydrogen-bond donors (Lipinski definition) is 1. The predicted molar refractivity (Wildman–Crippen MR) is 91.2 cm³/mol. The van der Waals surface area contributed by atoms with Crippen molar-refractivity contribution >= 4 is 17.5 Å². The van der Waals surface area contributed by atoms with E-state index in [1.54, 1.807) is 0 Å². The summed E-state index contributed by atoms with van der Waals surface area (Å²) in [5, 5.41) is 2.98. The molecule has 0 spiro atoms. The lowest BCUT2D eigenvalue weighted by atomic mass is 9.94. The van der Waals surface area contributed by atoms with Gasteiger partial charge in [0.15, 0.2) is 0 Å². The quantitative estimate of drug-likeness (QED) is 0.929. The fourth-order valence-corrected chi connectivity index (χ4v) is 3.72. The van der Waals surface area contributed by atoms with Crippen molar-refractivity contribution < 1.29 is 9.59 Å². The normalized spacial score (nSPS) is 22.4. The van der Waals surface area contributed by atoms with Crippen LogP contribution >= 0.6 is 0 Å². The monoisotopic (exact) mass is 314 g/mol. The van der Waals surface area contributed by atoms with Crippen LogP contribution in [0.1, 0.15) is 49.7 Å². The first-order valence-electron chi connectivity index (χ1n) is 8.72. The average molecular weight is 314 g/mol. The van der Waals surface area contributed by atoms with E-state index < -0.39 is 0 Å². The number of carbonyl (C=O) groups excluding carboxylic acids is 2. The highest BCUT2D eigenvalue weighted by Crippen LogP contribution is 2.29. The summed E-state index contributed by atoms with van der Waals surface area (Å²) in [6.07, 6.45) is 6.22. The molecule has 0 bridgehead atoms. The Balaban J connectivity index is 1.61. The number of nitrogens with zero attached hydrogens (tertiary/aromatic N) is 1. The molecule has 1 aromatic carbocycles. The summed E-state index contributed by atoms with van der Waals surface area (Å²) in [5.74, 6) is -0.0944. The molecule has 0 aromatic heterocycles. The van der Waals surface area contributed by atoms with Gasteiger partial charge in [-0.15, -0.1) is 0 Å². The van der Waals surface area contributed by atoms with Crippen LogP contribution in [-0.2, 0) is 9.59 Å². The van der Waals surface area contributed by atoms with E-state index in [2.05, 4.69) is 12.2 Å². The molecule has 1 unspecified atom stereocenters. The zero-order chi connectivity index (χ0) is 16.4. The van der Waals surface area contributed by atoms with Crippen LogP contribution in [0.3, 0.4) is 0 Å². The summed E-state index contributed by atoms with van der Waals surface area (Å²) in [6, 6.07) is 6.29. The molecular formula is C19H26N2O2. The Morgan fingerprint density at radius 1 is 1.13 bits per heavy atom. The molecule has 0 radical (unpaired) electrons. The third-order valence-electron chi connectivity index (χ3n) is 5.32. The van der Waals surface area contributed by atoms with Crippen LogP contribution in [0.25, 0.3) is 0 Å². The Morgan fingerprint density at radius 2 is 1.87 bits per heavy atom. The fraction of sp³-hybridized carbons (Fsp3) is 0.579. The molecule has 1 saturated carbocycles. The van der Waals surface area contributed by atoms with Gasteiger partial charge in [-0.1, -0.05) is 25.3 Å². The molecular weight excluding hydrogens is 288 g/mol. The fourth-order valence-electron chi connectivity index (χ4n) is 3.72. The van der Waals surface area contributed by atoms with Gasteiger partial charge in [-0.05, 0) is 49.9 Å². The minimum absolute atomic E-state index is 0.0279. The third kappa shape index (κ3) is 3.57. The first-order valence-corrected chi connectivity index (χ1v) is 8.72. The molecule has 2 aliphatic rings. The molecule has 4 heteroatoms. The lowest BCUT2D eigenvalue weighted by Crippen LogP contribution is -2.38. The maximum Gasteiger partial charge on any atom is 0.229 e. The summed E-state index contributed by atoms with van der Waals surface area (Å²) in [7, 11) is 0. The number of aryl methyl sites for hydroxylation is 2. The van der Waals surface area contributed by atoms with Gasteiger partial charge in [-0.3, -0.25) is 9.59 Å². The second kappa shape index (κ2) is 6.73. The van der Waals surface area contributed by atoms with Crippen LogP contribution < -0.4 is 5.32 Å². The van der Waals surface area contributed by atoms with Gasteiger partial charge in [0.05, 0.1) is 5.92 Å². The van der Waals surface area contributed by atoms with Gasteiger partial charge in [0, 0.05) is 24.7 Å². The van der Waals surface area contributed by atoms with Crippen LogP contribution in [0.2, 0.25) is 0 Å². The van der Waals surface area contributed by atoms with Crippen LogP contribution in [-0.4, -0.2) is 29.3 Å². The first kappa shape index (κ1) is 16.0. The van der Waals surface area contributed by atoms with E-state index in [4.69, 9.17) is 0 Å². The van der Waals surface area contributed by atoms with Crippen molar-refractivity contribution in [3.05, 3.63) is 29.3 Å². The molecule has 1 aliphatic carbocycles. The number of carbonyl (C=O) groups is 2. The average Bonchev–Trinajstić information content (AvgIpc) is 2.94. The summed E-state index contributed by atoms with van der Waals surface area (Å²) >= 11 is 0. The van der Waals surface area contributed by atoms with E-state index in [1.165, 1.54) is 24.8 Å². The summed E-state index contributed by atoms with van der Waals surface area (Å²) in [4.78, 5) is 26.7. The SMILES string of the molecule is Cc1ccc(NC(=O)C2CC(=O)N(C3CCCCC3)C2)cc1C. The van der Waals surface area contributed by atoms with Crippen molar-refractivity contribution in [3.63, 3.8) is 0 Å². The lowest BCUT2D eigenvalue weighted by Gasteiger charge is -2.31. The molecule has 1 aromatic rings. The number of anilines is 1. The van der Waals surface area contributed by atoms with Crippen molar-refractivity contribution in [1.29, 1.82) is 0 Å². The Kier molecular flexibility index (Phi) is 4.69. The van der Waals surface area contributed by atoms with Crippen LogP contribution in [0.15, 0.2) is 18.2 Å². The zero-order valence-electron chi connectivity index (χ0n) is 14.1. The Morgan fingerprint density at radius 3 is 2.57 bits per heavy atom. The standard InChI is InChI=1S/C19H26N2O2/c1-13-8-9-16(10-14(13)2)20-19(23)15-11-18(22)21(12-15)17-6-4-3-5-7-17/h8-10,15,17H,3-7,11-12H2,1-2H3,(H,20,23). The second-order valence-electron chi connectivity index (χ2n) is 7.03. The molecule has 1 N–H and O–H groups in total. The second-order valence-corrected chi connectivity index (χ2v) is 7.03. The molecule has 4 nitrogen and oxygen atoms in total. The number of likely N-dealkylation sites (tertiary alicyclic amines) is 1. The van der Waals surface area contributed by atoms with Crippen molar-refractivity contribution in [3.8, 4) is 0 Å². The largest absolute Gasteiger partial charge is 0.339 e. The van der Waals surface area contributed by atoms with E-state index in [0.717, 1.165) is 24.1 Å². The minimum Gasteiger partial charge on any atom is -0.339 e. The molecule has 2 fully saturated rings. The van der Waals surface area contributed by atoms with E-state index in [1.807, 2.05) is 30.0 Å². The van der Waals surface area contributed by atoms with Crippen molar-refractivity contribution in [2.45, 2.75) is 58.4 Å². The topological polar surface area (TPSA) is 49.4 Å². The Labute approximate surface area is 138 Å². The highest BCUT2D eigenvalue weighted by Gasteiger charge is 2.38. The number of rotatable bonds is 3. The predicted octanol–water partition coefficient (Wildman–Crippen LogP) is 3.42. The maximum atomic E-state index is 12.5. The van der Waals surface area contributed by atoms with Gasteiger partial charge < -0.3 is 10.2 Å². The van der Waals surface area contributed by atoms with Gasteiger partial charge in [-0.2, -0.15) is 0 Å². The van der Waals surface area contributed by atoms with E-state index in [9.17, 15) is 9.59 Å². The molecule has 3 rings (SSSR count). The lowest BCUT2D eigenvalue weighted by molar-refractivity contribution is -0.130. The van der Waals surface area contributed by atoms with Crippen LogP contribution in [0, 0.1) is 19.8 Å². The summed E-state index contributed by atoms with van der Waals surface area (Å²) in [6.45, 7) is 4.67. The summed E-state index contributed by atoms with van der Waals surface area (Å²) < 4.78 is 0. The maximum absolute atomic E-state index is 12.5. The molecule has 2 amide bonds. The van der Waals surface area contributed by atoms with Crippen LogP contribution in [0.4, 0.5) is 5.69 Å². The Bertz CT molecular complexity index is 605. The smallest absolute Gasteiger partial charge is 0.229 e. The van der Waals surface area contributed by atoms with Gasteiger partial charge in [0.2, 0.25) is 11.8 Å². The highest BCUT2D eigenvalue weighted by atomic mass is 16.2. The minimum atomic E-state index is -0.217. The van der Waals surface area contributed by atoms with Gasteiger partial charge in [-0.25, -0.2) is 0 Å². The number of benzene rings is 1. The molecule has 1 atom stereocenters. The molecule has 1 saturated heterocycles. The third-order valence-corrected chi connectivity index (χ3v) is 5.32. The summed E-state index contributed by atoms with van der Waals surface area (Å²) in [5.41, 5.74) is 3.19. The zero-order valence-corrected chi connectivity index (χ0v) is 14.1. The van der Waals surface area contributed by atoms with Gasteiger partial charge in [0.1, 0.15) is 0 Å². The van der Waals surface area contributed by atoms with E-state index in [0.29, 0.717) is 19.0 Å². The molecule has 1 aliphatic heterocycles. The van der Waals surface area contributed by atoms with Gasteiger partial charge >= 0.3 is 0 Å². The highest BCUT2D eigenvalue weighted by molar-refractivity contribution is 5.97. The number of hydrogen-bond acceptors (Lipinski definition) is 2. The number of amides is 2. The van der Waals surface area contributed by atoms with Crippen molar-refractivity contribution in [2.75, 3.05) is 11.9 Å². The van der Waals surface area contributed by atoms with Crippen molar-refractivity contribution in [2.24, 2.45) is 5.92 Å². The number of nitrogens with one attached hydrogen (secondary N) is 1. The van der Waals surface area contributed by atoms with Crippen LogP contribution in [0.5, 0.6) is 0 Å². The van der Waals surface area contributed by atoms with Gasteiger partial charge in [0.25, 0.3) is 0 Å². The van der Waals surface area contributed by atoms with E-state index in [-0.39, 0.29) is 17.7 Å². The molecule has 1 heterocycles. The Hall–Kier alpha value is -1.84. The van der Waals surface area contributed by atoms with Crippen molar-refractivity contribution in [1.82, 2.24) is 4.90 Å². The first-order chi connectivity index (χ1) is 11.0.